The molecule has 1 fully saturated rings. The summed E-state index contributed by atoms with van der Waals surface area (Å²) in [6, 6.07) is 3.39. The van der Waals surface area contributed by atoms with Crippen molar-refractivity contribution in [3.63, 3.8) is 0 Å². The number of hydrogen-bond donors (Lipinski definition) is 1. The van der Waals surface area contributed by atoms with E-state index < -0.39 is 29.7 Å². The average Bonchev–Trinajstić information content (AvgIpc) is 3.09. The van der Waals surface area contributed by atoms with E-state index in [4.69, 9.17) is 19.7 Å². The van der Waals surface area contributed by atoms with Crippen LogP contribution in [0.1, 0.15) is 46.4 Å². The Morgan fingerprint density at radius 1 is 1.11 bits per heavy atom. The number of piperidine rings is 1. The number of carbonyl (C=O) groups excluding carboxylic acids is 5. The van der Waals surface area contributed by atoms with E-state index >= 15 is 0 Å². The molecule has 0 radical (unpaired) electrons. The number of nitrogens with zero attached hydrogens (tertiary/aromatic N) is 4. The number of hydrogen-bond acceptors (Lipinski definition) is 9. The number of nitrogens with one attached hydrogen (secondary N) is 1. The minimum atomic E-state index is -1.08. The quantitative estimate of drug-likeness (QED) is 0.134. The summed E-state index contributed by atoms with van der Waals surface area (Å²) in [7, 11) is 0. The number of benzene rings is 1. The zero-order valence-corrected chi connectivity index (χ0v) is 18.9. The maximum atomic E-state index is 13.0. The van der Waals surface area contributed by atoms with E-state index in [9.17, 15) is 24.0 Å². The number of rotatable bonds is 14. The second kappa shape index (κ2) is 12.6. The van der Waals surface area contributed by atoms with Gasteiger partial charge in [0, 0.05) is 30.9 Å². The summed E-state index contributed by atoms with van der Waals surface area (Å²) in [4.78, 5) is 65.0. The summed E-state index contributed by atoms with van der Waals surface area (Å²) in [6.45, 7) is 1.31. The molecular weight excluding hydrogens is 462 g/mol. The van der Waals surface area contributed by atoms with Crippen molar-refractivity contribution in [2.24, 2.45) is 5.11 Å². The van der Waals surface area contributed by atoms with Gasteiger partial charge in [-0.3, -0.25) is 34.2 Å². The van der Waals surface area contributed by atoms with E-state index in [1.807, 2.05) is 0 Å². The van der Waals surface area contributed by atoms with Gasteiger partial charge in [-0.1, -0.05) is 11.2 Å². The van der Waals surface area contributed by atoms with Gasteiger partial charge in [-0.05, 0) is 30.5 Å². The van der Waals surface area contributed by atoms with Crippen LogP contribution in [0.25, 0.3) is 10.4 Å². The topological polar surface area (TPSA) is 177 Å². The van der Waals surface area contributed by atoms with Gasteiger partial charge < -0.3 is 14.2 Å². The lowest BCUT2D eigenvalue weighted by atomic mass is 10.0. The lowest BCUT2D eigenvalue weighted by molar-refractivity contribution is -0.136. The van der Waals surface area contributed by atoms with Crippen molar-refractivity contribution in [2.75, 3.05) is 39.6 Å². The number of Topliss-reactive ketones (excluding diaryl/α,β-unsaturated/α-hetero) is 1. The summed E-state index contributed by atoms with van der Waals surface area (Å²) in [5, 5.41) is 5.48. The van der Waals surface area contributed by atoms with E-state index in [0.29, 0.717) is 32.8 Å². The maximum Gasteiger partial charge on any atom is 0.266 e. The van der Waals surface area contributed by atoms with Gasteiger partial charge in [0.1, 0.15) is 18.4 Å². The first kappa shape index (κ1) is 25.8. The Balaban J connectivity index is 1.45. The minimum absolute atomic E-state index is 0.00112. The maximum absolute atomic E-state index is 13.0. The molecule has 1 N–H and O–H groups in total. The zero-order chi connectivity index (χ0) is 25.2. The van der Waals surface area contributed by atoms with Gasteiger partial charge in [-0.2, -0.15) is 0 Å². The molecule has 186 valence electrons. The molecule has 3 rings (SSSR count). The van der Waals surface area contributed by atoms with Gasteiger partial charge in [-0.15, -0.1) is 0 Å². The zero-order valence-electron chi connectivity index (χ0n) is 18.9. The molecule has 0 bridgehead atoms. The average molecular weight is 487 g/mol. The molecule has 13 nitrogen and oxygen atoms in total. The molecule has 2 heterocycles. The second-order valence-electron chi connectivity index (χ2n) is 7.74. The normalized spacial score (nSPS) is 17.1. The molecule has 1 unspecified atom stereocenters. The fraction of sp³-hybridized carbons (Fsp3) is 0.500. The standard InChI is InChI=1S/C22H25N5O8/c23-26-24-8-10-34-12-11-33-9-2-3-14(28)13-35-17-5-1-4-15-19(17)22(32)27(21(15)31)16-6-7-18(29)25-20(16)30/h1,4-5,16H,2-3,6-13H2,(H,25,29,30). The van der Waals surface area contributed by atoms with Crippen molar-refractivity contribution in [1.82, 2.24) is 10.2 Å². The molecular formula is C22H25N5O8. The molecule has 0 spiro atoms. The van der Waals surface area contributed by atoms with Crippen LogP contribution in [0.4, 0.5) is 0 Å². The molecule has 1 atom stereocenters. The van der Waals surface area contributed by atoms with Gasteiger partial charge in [0.2, 0.25) is 11.8 Å². The Hall–Kier alpha value is -3.80. The van der Waals surface area contributed by atoms with Gasteiger partial charge >= 0.3 is 0 Å². The number of ketones is 1. The Labute approximate surface area is 200 Å². The lowest BCUT2D eigenvalue weighted by Gasteiger charge is -2.27. The van der Waals surface area contributed by atoms with Crippen LogP contribution in [0.15, 0.2) is 23.3 Å². The Morgan fingerprint density at radius 3 is 2.63 bits per heavy atom. The number of amides is 4. The molecule has 2 aliphatic rings. The molecule has 0 aliphatic carbocycles. The number of carbonyl (C=O) groups is 5. The summed E-state index contributed by atoms with van der Waals surface area (Å²) in [5.41, 5.74) is 8.22. The van der Waals surface area contributed by atoms with Crippen molar-refractivity contribution in [3.05, 3.63) is 39.8 Å². The Bertz CT molecular complexity index is 1050. The van der Waals surface area contributed by atoms with Crippen LogP contribution in [-0.4, -0.2) is 79.9 Å². The first-order chi connectivity index (χ1) is 16.9. The van der Waals surface area contributed by atoms with Gasteiger partial charge in [0.25, 0.3) is 11.8 Å². The Kier molecular flexibility index (Phi) is 9.30. The number of ether oxygens (including phenoxy) is 3. The molecule has 13 heteroatoms. The molecule has 2 aliphatic heterocycles. The third-order valence-corrected chi connectivity index (χ3v) is 5.33. The smallest absolute Gasteiger partial charge is 0.266 e. The SMILES string of the molecule is [N-]=[N+]=NCCOCCOCCCC(=O)COc1cccc2c1C(=O)N(C1CCC(=O)NC1=O)C2=O. The van der Waals surface area contributed by atoms with E-state index in [1.165, 1.54) is 18.2 Å². The monoisotopic (exact) mass is 487 g/mol. The van der Waals surface area contributed by atoms with Crippen molar-refractivity contribution in [1.29, 1.82) is 0 Å². The molecule has 4 amide bonds. The predicted octanol–water partition coefficient (Wildman–Crippen LogP) is 1.16. The largest absolute Gasteiger partial charge is 0.485 e. The second-order valence-corrected chi connectivity index (χ2v) is 7.74. The highest BCUT2D eigenvalue weighted by Crippen LogP contribution is 2.33. The van der Waals surface area contributed by atoms with Crippen LogP contribution in [-0.2, 0) is 23.9 Å². The molecule has 1 aromatic carbocycles. The van der Waals surface area contributed by atoms with Crippen LogP contribution in [0.2, 0.25) is 0 Å². The van der Waals surface area contributed by atoms with Crippen molar-refractivity contribution in [2.45, 2.75) is 31.7 Å². The highest BCUT2D eigenvalue weighted by atomic mass is 16.5. The number of imide groups is 2. The molecule has 35 heavy (non-hydrogen) atoms. The molecule has 0 aromatic heterocycles. The highest BCUT2D eigenvalue weighted by molar-refractivity contribution is 6.24. The number of azide groups is 1. The van der Waals surface area contributed by atoms with Gasteiger partial charge in [-0.25, -0.2) is 0 Å². The molecule has 1 saturated heterocycles. The minimum Gasteiger partial charge on any atom is -0.485 e. The third kappa shape index (κ3) is 6.63. The summed E-state index contributed by atoms with van der Waals surface area (Å²) < 4.78 is 16.1. The number of fused-ring (bicyclic) bond motifs is 1. The van der Waals surface area contributed by atoms with Crippen LogP contribution in [0, 0.1) is 0 Å². The predicted molar refractivity (Wildman–Crippen MR) is 119 cm³/mol. The fourth-order valence-electron chi connectivity index (χ4n) is 3.68. The highest BCUT2D eigenvalue weighted by Gasteiger charge is 2.46. The van der Waals surface area contributed by atoms with Gasteiger partial charge in [0.05, 0.1) is 30.9 Å². The summed E-state index contributed by atoms with van der Waals surface area (Å²) >= 11 is 0. The lowest BCUT2D eigenvalue weighted by Crippen LogP contribution is -2.54. The van der Waals surface area contributed by atoms with E-state index in [-0.39, 0.29) is 55.1 Å². The van der Waals surface area contributed by atoms with Crippen LogP contribution in [0.5, 0.6) is 5.75 Å². The third-order valence-electron chi connectivity index (χ3n) is 5.33. The van der Waals surface area contributed by atoms with Crippen molar-refractivity contribution >= 4 is 29.4 Å². The van der Waals surface area contributed by atoms with Crippen molar-refractivity contribution in [3.8, 4) is 5.75 Å². The summed E-state index contributed by atoms with van der Waals surface area (Å²) in [6.07, 6.45) is 0.737. The molecule has 1 aromatic rings. The van der Waals surface area contributed by atoms with E-state index in [1.54, 1.807) is 0 Å². The molecule has 0 saturated carbocycles. The first-order valence-electron chi connectivity index (χ1n) is 11.1. The van der Waals surface area contributed by atoms with Crippen LogP contribution in [0.3, 0.4) is 0 Å². The van der Waals surface area contributed by atoms with E-state index in [2.05, 4.69) is 15.3 Å². The first-order valence-corrected chi connectivity index (χ1v) is 11.1. The van der Waals surface area contributed by atoms with Gasteiger partial charge in [0.15, 0.2) is 5.78 Å². The Morgan fingerprint density at radius 2 is 1.89 bits per heavy atom. The van der Waals surface area contributed by atoms with Crippen molar-refractivity contribution < 1.29 is 38.2 Å². The summed E-state index contributed by atoms with van der Waals surface area (Å²) in [5.74, 6) is -2.62. The van der Waals surface area contributed by atoms with Crippen LogP contribution >= 0.6 is 0 Å². The fourth-order valence-corrected chi connectivity index (χ4v) is 3.68. The van der Waals surface area contributed by atoms with Crippen LogP contribution < -0.4 is 10.1 Å². The van der Waals surface area contributed by atoms with E-state index in [0.717, 1.165) is 4.90 Å².